The second-order valence-corrected chi connectivity index (χ2v) is 7.12. The molecule has 1 aliphatic rings. The van der Waals surface area contributed by atoms with E-state index in [-0.39, 0.29) is 5.91 Å². The number of anilines is 2. The van der Waals surface area contributed by atoms with Crippen molar-refractivity contribution in [1.29, 1.82) is 0 Å². The van der Waals surface area contributed by atoms with Crippen LogP contribution in [0.15, 0.2) is 53.0 Å². The molecule has 0 saturated carbocycles. The highest BCUT2D eigenvalue weighted by Crippen LogP contribution is 2.24. The minimum atomic E-state index is -0.0863. The summed E-state index contributed by atoms with van der Waals surface area (Å²) in [5, 5.41) is 2.94. The fourth-order valence-corrected chi connectivity index (χ4v) is 3.25. The van der Waals surface area contributed by atoms with Crippen LogP contribution in [0.25, 0.3) is 0 Å². The van der Waals surface area contributed by atoms with Gasteiger partial charge < -0.3 is 10.2 Å². The summed E-state index contributed by atoms with van der Waals surface area (Å²) in [7, 11) is 0. The second kappa shape index (κ2) is 7.18. The molecular weight excluding hydrogens is 352 g/mol. The van der Waals surface area contributed by atoms with Gasteiger partial charge in [-0.3, -0.25) is 4.79 Å². The van der Waals surface area contributed by atoms with Crippen LogP contribution in [0.3, 0.4) is 0 Å². The Bertz CT molecular complexity index is 667. The van der Waals surface area contributed by atoms with Crippen molar-refractivity contribution in [3.05, 3.63) is 58.6 Å². The molecule has 2 aromatic carbocycles. The summed E-state index contributed by atoms with van der Waals surface area (Å²) in [6.45, 7) is 4.54. The lowest BCUT2D eigenvalue weighted by Gasteiger charge is -2.32. The standard InChI is InChI=1S/C19H21BrN2O/c1-14-3-2-12-22(13-14)18-10-8-17(9-11-18)21-19(23)15-4-6-16(20)7-5-15/h4-11,14H,2-3,12-13H2,1H3,(H,21,23). The summed E-state index contributed by atoms with van der Waals surface area (Å²) in [6.07, 6.45) is 2.57. The van der Waals surface area contributed by atoms with Gasteiger partial charge in [-0.2, -0.15) is 0 Å². The van der Waals surface area contributed by atoms with E-state index in [2.05, 4.69) is 45.2 Å². The van der Waals surface area contributed by atoms with E-state index >= 15 is 0 Å². The van der Waals surface area contributed by atoms with Crippen molar-refractivity contribution >= 4 is 33.2 Å². The van der Waals surface area contributed by atoms with Crippen molar-refractivity contribution in [3.63, 3.8) is 0 Å². The lowest BCUT2D eigenvalue weighted by Crippen LogP contribution is -2.34. The van der Waals surface area contributed by atoms with E-state index < -0.39 is 0 Å². The van der Waals surface area contributed by atoms with Crippen molar-refractivity contribution in [1.82, 2.24) is 0 Å². The smallest absolute Gasteiger partial charge is 0.255 e. The molecule has 2 aromatic rings. The van der Waals surface area contributed by atoms with Crippen LogP contribution in [0.5, 0.6) is 0 Å². The van der Waals surface area contributed by atoms with Gasteiger partial charge in [-0.25, -0.2) is 0 Å². The highest BCUT2D eigenvalue weighted by atomic mass is 79.9. The number of halogens is 1. The molecular formula is C19H21BrN2O. The van der Waals surface area contributed by atoms with Crippen LogP contribution in [-0.4, -0.2) is 19.0 Å². The summed E-state index contributed by atoms with van der Waals surface area (Å²) in [4.78, 5) is 14.6. The van der Waals surface area contributed by atoms with Crippen LogP contribution >= 0.6 is 15.9 Å². The van der Waals surface area contributed by atoms with E-state index in [1.165, 1.54) is 18.5 Å². The number of piperidine rings is 1. The van der Waals surface area contributed by atoms with Gasteiger partial charge in [0.25, 0.3) is 5.91 Å². The Morgan fingerprint density at radius 3 is 2.48 bits per heavy atom. The van der Waals surface area contributed by atoms with E-state index in [0.717, 1.165) is 29.2 Å². The summed E-state index contributed by atoms with van der Waals surface area (Å²) in [5.74, 6) is 0.664. The molecule has 0 radical (unpaired) electrons. The summed E-state index contributed by atoms with van der Waals surface area (Å²) < 4.78 is 0.967. The summed E-state index contributed by atoms with van der Waals surface area (Å²) in [5.41, 5.74) is 2.71. The fourth-order valence-electron chi connectivity index (χ4n) is 2.98. The van der Waals surface area contributed by atoms with E-state index in [1.54, 1.807) is 0 Å². The van der Waals surface area contributed by atoms with Crippen LogP contribution in [0.4, 0.5) is 11.4 Å². The van der Waals surface area contributed by atoms with Gasteiger partial charge in [-0.15, -0.1) is 0 Å². The van der Waals surface area contributed by atoms with Gasteiger partial charge in [-0.1, -0.05) is 22.9 Å². The average molecular weight is 373 g/mol. The first-order valence-electron chi connectivity index (χ1n) is 8.04. The third kappa shape index (κ3) is 4.14. The number of nitrogens with zero attached hydrogens (tertiary/aromatic N) is 1. The molecule has 1 fully saturated rings. The predicted molar refractivity (Wildman–Crippen MR) is 99.1 cm³/mol. The number of carbonyl (C=O) groups is 1. The molecule has 3 nitrogen and oxygen atoms in total. The molecule has 0 bridgehead atoms. The number of carbonyl (C=O) groups excluding carboxylic acids is 1. The molecule has 1 heterocycles. The van der Waals surface area contributed by atoms with E-state index in [0.29, 0.717) is 5.56 Å². The zero-order valence-electron chi connectivity index (χ0n) is 13.3. The highest BCUT2D eigenvalue weighted by molar-refractivity contribution is 9.10. The van der Waals surface area contributed by atoms with Gasteiger partial charge in [0.15, 0.2) is 0 Å². The van der Waals surface area contributed by atoms with E-state index in [1.807, 2.05) is 36.4 Å². The summed E-state index contributed by atoms with van der Waals surface area (Å²) in [6, 6.07) is 15.5. The Morgan fingerprint density at radius 2 is 1.83 bits per heavy atom. The van der Waals surface area contributed by atoms with Crippen molar-refractivity contribution in [2.75, 3.05) is 23.3 Å². The highest BCUT2D eigenvalue weighted by Gasteiger charge is 2.16. The van der Waals surface area contributed by atoms with Gasteiger partial charge in [0.05, 0.1) is 0 Å². The maximum Gasteiger partial charge on any atom is 0.255 e. The molecule has 1 aliphatic heterocycles. The molecule has 1 atom stereocenters. The molecule has 1 unspecified atom stereocenters. The number of benzene rings is 2. The van der Waals surface area contributed by atoms with Crippen LogP contribution < -0.4 is 10.2 Å². The topological polar surface area (TPSA) is 32.3 Å². The third-order valence-electron chi connectivity index (χ3n) is 4.25. The quantitative estimate of drug-likeness (QED) is 0.827. The average Bonchev–Trinajstić information content (AvgIpc) is 2.56. The fraction of sp³-hybridized carbons (Fsp3) is 0.316. The monoisotopic (exact) mass is 372 g/mol. The lowest BCUT2D eigenvalue weighted by atomic mass is 10.00. The number of hydrogen-bond acceptors (Lipinski definition) is 2. The molecule has 1 saturated heterocycles. The minimum absolute atomic E-state index is 0.0863. The zero-order chi connectivity index (χ0) is 16.2. The van der Waals surface area contributed by atoms with E-state index in [9.17, 15) is 4.79 Å². The lowest BCUT2D eigenvalue weighted by molar-refractivity contribution is 0.102. The molecule has 120 valence electrons. The number of hydrogen-bond donors (Lipinski definition) is 1. The van der Waals surface area contributed by atoms with Crippen molar-refractivity contribution < 1.29 is 4.79 Å². The number of rotatable bonds is 3. The van der Waals surface area contributed by atoms with Gasteiger partial charge in [0, 0.05) is 34.5 Å². The Morgan fingerprint density at radius 1 is 1.13 bits per heavy atom. The first kappa shape index (κ1) is 16.1. The molecule has 3 rings (SSSR count). The van der Waals surface area contributed by atoms with E-state index in [4.69, 9.17) is 0 Å². The minimum Gasteiger partial charge on any atom is -0.371 e. The Labute approximate surface area is 145 Å². The van der Waals surface area contributed by atoms with Gasteiger partial charge in [0.2, 0.25) is 0 Å². The third-order valence-corrected chi connectivity index (χ3v) is 4.78. The second-order valence-electron chi connectivity index (χ2n) is 6.20. The molecule has 23 heavy (non-hydrogen) atoms. The van der Waals surface area contributed by atoms with Crippen LogP contribution in [-0.2, 0) is 0 Å². The molecule has 0 aliphatic carbocycles. The Hall–Kier alpha value is -1.81. The van der Waals surface area contributed by atoms with Gasteiger partial charge >= 0.3 is 0 Å². The van der Waals surface area contributed by atoms with Crippen LogP contribution in [0.2, 0.25) is 0 Å². The molecule has 0 spiro atoms. The molecule has 1 amide bonds. The van der Waals surface area contributed by atoms with Crippen molar-refractivity contribution in [2.45, 2.75) is 19.8 Å². The SMILES string of the molecule is CC1CCCN(c2ccc(NC(=O)c3ccc(Br)cc3)cc2)C1. The summed E-state index contributed by atoms with van der Waals surface area (Å²) >= 11 is 3.37. The Kier molecular flexibility index (Phi) is 5.01. The first-order chi connectivity index (χ1) is 11.1. The molecule has 1 N–H and O–H groups in total. The maximum atomic E-state index is 12.2. The van der Waals surface area contributed by atoms with Gasteiger partial charge in [0.1, 0.15) is 0 Å². The first-order valence-corrected chi connectivity index (χ1v) is 8.83. The Balaban J connectivity index is 1.65. The number of nitrogens with one attached hydrogen (secondary N) is 1. The van der Waals surface area contributed by atoms with Crippen LogP contribution in [0.1, 0.15) is 30.1 Å². The normalized spacial score (nSPS) is 17.8. The molecule has 0 aromatic heterocycles. The maximum absolute atomic E-state index is 12.2. The molecule has 4 heteroatoms. The van der Waals surface area contributed by atoms with Crippen LogP contribution in [0, 0.1) is 5.92 Å². The van der Waals surface area contributed by atoms with Crippen molar-refractivity contribution in [2.24, 2.45) is 5.92 Å². The zero-order valence-corrected chi connectivity index (χ0v) is 14.8. The number of amides is 1. The predicted octanol–water partition coefficient (Wildman–Crippen LogP) is 4.94. The van der Waals surface area contributed by atoms with Gasteiger partial charge in [-0.05, 0) is 67.3 Å². The largest absolute Gasteiger partial charge is 0.371 e. The van der Waals surface area contributed by atoms with Crippen molar-refractivity contribution in [3.8, 4) is 0 Å².